The quantitative estimate of drug-likeness (QED) is 0.673. The maximum atomic E-state index is 12.9. The van der Waals surface area contributed by atoms with E-state index in [9.17, 15) is 21.6 Å². The molecule has 0 bridgehead atoms. The molecule has 1 fully saturated rings. The Labute approximate surface area is 175 Å². The first kappa shape index (κ1) is 22.1. The van der Waals surface area contributed by atoms with Crippen LogP contribution in [0.1, 0.15) is 12.5 Å². The number of nitrogens with zero attached hydrogens (tertiary/aromatic N) is 1. The van der Waals surface area contributed by atoms with Crippen molar-refractivity contribution in [2.75, 3.05) is 24.3 Å². The molecule has 1 atom stereocenters. The van der Waals surface area contributed by atoms with Crippen LogP contribution in [-0.2, 0) is 31.4 Å². The third-order valence-electron chi connectivity index (χ3n) is 4.66. The first-order valence-corrected chi connectivity index (χ1v) is 12.1. The highest BCUT2D eigenvalue weighted by atomic mass is 32.2. The van der Waals surface area contributed by atoms with Gasteiger partial charge in [0.1, 0.15) is 16.4 Å². The zero-order chi connectivity index (χ0) is 22.1. The average Bonchev–Trinajstić information content (AvgIpc) is 2.93. The van der Waals surface area contributed by atoms with E-state index in [1.807, 2.05) is 0 Å². The fourth-order valence-electron chi connectivity index (χ4n) is 3.09. The Morgan fingerprint density at radius 1 is 1.10 bits per heavy atom. The van der Waals surface area contributed by atoms with Gasteiger partial charge in [-0.2, -0.15) is 0 Å². The highest BCUT2D eigenvalue weighted by molar-refractivity contribution is 7.94. The van der Waals surface area contributed by atoms with Crippen molar-refractivity contribution in [3.8, 4) is 11.5 Å². The molecule has 9 nitrogen and oxygen atoms in total. The molecule has 1 amide bonds. The minimum Gasteiger partial charge on any atom is -0.497 e. The number of anilines is 1. The molecule has 0 spiro atoms. The number of benzene rings is 2. The van der Waals surface area contributed by atoms with Crippen molar-refractivity contribution in [3.63, 3.8) is 0 Å². The van der Waals surface area contributed by atoms with Gasteiger partial charge in [0.05, 0.1) is 31.6 Å². The van der Waals surface area contributed by atoms with Crippen molar-refractivity contribution >= 4 is 31.6 Å². The molecule has 0 saturated carbocycles. The van der Waals surface area contributed by atoms with E-state index in [-0.39, 0.29) is 28.6 Å². The highest BCUT2D eigenvalue weighted by Gasteiger charge is 2.42. The summed E-state index contributed by atoms with van der Waals surface area (Å²) in [6.07, 6.45) is 0. The standard InChI is InChI=1S/C19H22N2O7S2/c1-13-12-29(23,24)21(19(13)22)15-6-9-17(28-3)18(10-15)30(25,26)20-11-14-4-7-16(27-2)8-5-14/h4-10,13,20H,11-12H2,1-3H3/t13-/m0/s1. The number of carbonyl (C=O) groups is 1. The van der Waals surface area contributed by atoms with Crippen LogP contribution in [0.2, 0.25) is 0 Å². The SMILES string of the molecule is COc1ccc(CNS(=O)(=O)c2cc(N3C(=O)[C@@H](C)CS3(=O)=O)ccc2OC)cc1. The van der Waals surface area contributed by atoms with Crippen LogP contribution in [0.3, 0.4) is 0 Å². The predicted molar refractivity (Wildman–Crippen MR) is 110 cm³/mol. The van der Waals surface area contributed by atoms with Gasteiger partial charge < -0.3 is 9.47 Å². The van der Waals surface area contributed by atoms with E-state index in [2.05, 4.69) is 4.72 Å². The topological polar surface area (TPSA) is 119 Å². The van der Waals surface area contributed by atoms with Gasteiger partial charge in [0.25, 0.3) is 0 Å². The fourth-order valence-corrected chi connectivity index (χ4v) is 6.10. The van der Waals surface area contributed by atoms with E-state index in [0.717, 1.165) is 6.07 Å². The number of ether oxygens (including phenoxy) is 2. The summed E-state index contributed by atoms with van der Waals surface area (Å²) in [4.78, 5) is 12.1. The Balaban J connectivity index is 1.93. The lowest BCUT2D eigenvalue weighted by molar-refractivity contribution is -0.119. The monoisotopic (exact) mass is 454 g/mol. The Morgan fingerprint density at radius 3 is 2.30 bits per heavy atom. The molecular weight excluding hydrogens is 432 g/mol. The Bertz CT molecular complexity index is 1160. The van der Waals surface area contributed by atoms with Crippen LogP contribution >= 0.6 is 0 Å². The summed E-state index contributed by atoms with van der Waals surface area (Å²) >= 11 is 0. The Morgan fingerprint density at radius 2 is 1.77 bits per heavy atom. The van der Waals surface area contributed by atoms with Crippen LogP contribution < -0.4 is 18.5 Å². The second kappa shape index (κ2) is 8.25. The summed E-state index contributed by atoms with van der Waals surface area (Å²) in [6, 6.07) is 10.6. The first-order chi connectivity index (χ1) is 14.1. The lowest BCUT2D eigenvalue weighted by Gasteiger charge is -2.18. The summed E-state index contributed by atoms with van der Waals surface area (Å²) in [5.41, 5.74) is 0.649. The maximum Gasteiger partial charge on any atom is 0.244 e. The van der Waals surface area contributed by atoms with Gasteiger partial charge in [-0.1, -0.05) is 19.1 Å². The Kier molecular flexibility index (Phi) is 6.06. The smallest absolute Gasteiger partial charge is 0.244 e. The number of sulfonamides is 2. The van der Waals surface area contributed by atoms with Crippen molar-refractivity contribution in [2.45, 2.75) is 18.4 Å². The van der Waals surface area contributed by atoms with Gasteiger partial charge in [0, 0.05) is 6.54 Å². The van der Waals surface area contributed by atoms with Gasteiger partial charge in [-0.3, -0.25) is 4.79 Å². The molecule has 1 saturated heterocycles. The number of hydrogen-bond acceptors (Lipinski definition) is 7. The van der Waals surface area contributed by atoms with Crippen LogP contribution in [0.5, 0.6) is 11.5 Å². The number of amides is 1. The molecular formula is C19H22N2O7S2. The molecule has 0 radical (unpaired) electrons. The molecule has 162 valence electrons. The molecule has 30 heavy (non-hydrogen) atoms. The largest absolute Gasteiger partial charge is 0.497 e. The fraction of sp³-hybridized carbons (Fsp3) is 0.316. The summed E-state index contributed by atoms with van der Waals surface area (Å²) in [6.45, 7) is 1.51. The van der Waals surface area contributed by atoms with Crippen LogP contribution in [0.25, 0.3) is 0 Å². The maximum absolute atomic E-state index is 12.9. The molecule has 3 rings (SSSR count). The number of carbonyl (C=O) groups excluding carboxylic acids is 1. The summed E-state index contributed by atoms with van der Waals surface area (Å²) < 4.78 is 63.9. The minimum atomic E-state index is -4.08. The van der Waals surface area contributed by atoms with E-state index >= 15 is 0 Å². The van der Waals surface area contributed by atoms with Crippen molar-refractivity contribution in [3.05, 3.63) is 48.0 Å². The van der Waals surface area contributed by atoms with Crippen molar-refractivity contribution in [2.24, 2.45) is 5.92 Å². The molecule has 0 unspecified atom stereocenters. The average molecular weight is 455 g/mol. The molecule has 2 aromatic rings. The second-order valence-electron chi connectivity index (χ2n) is 6.79. The summed E-state index contributed by atoms with van der Waals surface area (Å²) in [5.74, 6) is -0.963. The van der Waals surface area contributed by atoms with E-state index in [1.54, 1.807) is 24.3 Å². The van der Waals surface area contributed by atoms with Crippen LogP contribution in [0.4, 0.5) is 5.69 Å². The van der Waals surface area contributed by atoms with Gasteiger partial charge in [-0.15, -0.1) is 0 Å². The minimum absolute atomic E-state index is 0.00229. The molecule has 0 aliphatic carbocycles. The second-order valence-corrected chi connectivity index (χ2v) is 10.4. The van der Waals surface area contributed by atoms with E-state index in [1.165, 1.54) is 33.3 Å². The van der Waals surface area contributed by atoms with E-state index in [0.29, 0.717) is 15.6 Å². The van der Waals surface area contributed by atoms with Gasteiger partial charge in [-0.05, 0) is 35.9 Å². The van der Waals surface area contributed by atoms with Crippen LogP contribution in [-0.4, -0.2) is 42.7 Å². The third kappa shape index (κ3) is 4.27. The van der Waals surface area contributed by atoms with Crippen LogP contribution in [0.15, 0.2) is 47.4 Å². The van der Waals surface area contributed by atoms with Gasteiger partial charge in [-0.25, -0.2) is 25.9 Å². The molecule has 11 heteroatoms. The van der Waals surface area contributed by atoms with Gasteiger partial charge >= 0.3 is 0 Å². The molecule has 1 N–H and O–H groups in total. The number of nitrogens with one attached hydrogen (secondary N) is 1. The molecule has 1 heterocycles. The zero-order valence-electron chi connectivity index (χ0n) is 16.7. The number of rotatable bonds is 7. The van der Waals surface area contributed by atoms with Crippen molar-refractivity contribution in [1.29, 1.82) is 0 Å². The summed E-state index contributed by atoms with van der Waals surface area (Å²) in [7, 11) is -5.11. The molecule has 1 aliphatic rings. The number of hydrogen-bond donors (Lipinski definition) is 1. The van der Waals surface area contributed by atoms with E-state index < -0.39 is 31.9 Å². The van der Waals surface area contributed by atoms with Crippen molar-refractivity contribution < 1.29 is 31.1 Å². The van der Waals surface area contributed by atoms with E-state index in [4.69, 9.17) is 9.47 Å². The highest BCUT2D eigenvalue weighted by Crippen LogP contribution is 2.33. The lowest BCUT2D eigenvalue weighted by atomic mass is 10.2. The van der Waals surface area contributed by atoms with Gasteiger partial charge in [0.15, 0.2) is 0 Å². The zero-order valence-corrected chi connectivity index (χ0v) is 18.3. The van der Waals surface area contributed by atoms with Gasteiger partial charge in [0.2, 0.25) is 26.0 Å². The number of methoxy groups -OCH3 is 2. The van der Waals surface area contributed by atoms with Crippen molar-refractivity contribution in [1.82, 2.24) is 4.72 Å². The predicted octanol–water partition coefficient (Wildman–Crippen LogP) is 1.49. The lowest BCUT2D eigenvalue weighted by Crippen LogP contribution is -2.31. The normalized spacial score (nSPS) is 18.4. The third-order valence-corrected chi connectivity index (χ3v) is 7.95. The summed E-state index contributed by atoms with van der Waals surface area (Å²) in [5, 5.41) is 0. The molecule has 1 aliphatic heterocycles. The molecule has 2 aromatic carbocycles. The molecule has 0 aromatic heterocycles. The first-order valence-electron chi connectivity index (χ1n) is 8.96. The Hall–Kier alpha value is -2.63. The van der Waals surface area contributed by atoms with Crippen LogP contribution in [0, 0.1) is 5.92 Å².